The second kappa shape index (κ2) is 3.72. The Balaban J connectivity index is 2.89. The molecule has 1 heterocycles. The van der Waals surface area contributed by atoms with E-state index in [9.17, 15) is 4.79 Å². The van der Waals surface area contributed by atoms with Gasteiger partial charge in [0.25, 0.3) is 5.91 Å². The molecule has 0 aliphatic carbocycles. The molecule has 0 unspecified atom stereocenters. The second-order valence-electron chi connectivity index (χ2n) is 3.70. The van der Waals surface area contributed by atoms with E-state index in [0.29, 0.717) is 10.9 Å². The number of nitrogens with zero attached hydrogens (tertiary/aromatic N) is 2. The van der Waals surface area contributed by atoms with Gasteiger partial charge in [0.1, 0.15) is 0 Å². The highest BCUT2D eigenvalue weighted by molar-refractivity contribution is 6.38. The lowest BCUT2D eigenvalue weighted by atomic mass is 10.1. The molecule has 2 N–H and O–H groups in total. The Kier molecular flexibility index (Phi) is 2.52. The lowest BCUT2D eigenvalue weighted by Gasteiger charge is -2.06. The maximum atomic E-state index is 11.1. The number of carbonyl (C=O) groups excluding carboxylic acids is 1. The van der Waals surface area contributed by atoms with Crippen molar-refractivity contribution in [3.63, 3.8) is 0 Å². The molecule has 4 nitrogen and oxygen atoms in total. The molecule has 0 aliphatic rings. The molecule has 1 amide bonds. The molecule has 1 aromatic carbocycles. The number of hydrogen-bond acceptors (Lipinski definition) is 3. The van der Waals surface area contributed by atoms with Crippen molar-refractivity contribution in [1.82, 2.24) is 10.2 Å². The maximum absolute atomic E-state index is 11.1. The highest BCUT2D eigenvalue weighted by Gasteiger charge is 2.14. The van der Waals surface area contributed by atoms with Gasteiger partial charge in [-0.25, -0.2) is 0 Å². The zero-order chi connectivity index (χ0) is 11.9. The summed E-state index contributed by atoms with van der Waals surface area (Å²) in [7, 11) is 0. The first kappa shape index (κ1) is 10.8. The predicted molar refractivity (Wildman–Crippen MR) is 62.5 cm³/mol. The Hall–Kier alpha value is -1.68. The lowest BCUT2D eigenvalue weighted by molar-refractivity contribution is 0.0995. The van der Waals surface area contributed by atoms with Crippen LogP contribution < -0.4 is 5.73 Å². The number of primary amides is 1. The molecule has 1 aromatic heterocycles. The Morgan fingerprint density at radius 3 is 2.62 bits per heavy atom. The van der Waals surface area contributed by atoms with E-state index in [4.69, 9.17) is 17.3 Å². The van der Waals surface area contributed by atoms with E-state index < -0.39 is 5.91 Å². The number of amides is 1. The number of hydrogen-bond donors (Lipinski definition) is 1. The first-order valence-electron chi connectivity index (χ1n) is 4.73. The van der Waals surface area contributed by atoms with Crippen LogP contribution in [0.2, 0.25) is 5.02 Å². The van der Waals surface area contributed by atoms with Crippen molar-refractivity contribution in [2.45, 2.75) is 13.8 Å². The third-order valence-electron chi connectivity index (χ3n) is 2.37. The summed E-state index contributed by atoms with van der Waals surface area (Å²) in [6.07, 6.45) is 0. The normalized spacial score (nSPS) is 10.7. The van der Waals surface area contributed by atoms with Gasteiger partial charge in [0.15, 0.2) is 5.69 Å². The van der Waals surface area contributed by atoms with Crippen LogP contribution in [-0.4, -0.2) is 16.1 Å². The van der Waals surface area contributed by atoms with Crippen molar-refractivity contribution in [2.24, 2.45) is 5.73 Å². The number of aryl methyl sites for hydroxylation is 2. The minimum atomic E-state index is -0.668. The average Bonchev–Trinajstić information content (AvgIpc) is 2.19. The SMILES string of the molecule is Cc1cc(C)c2nnc(C(N)=O)c(Cl)c2c1. The van der Waals surface area contributed by atoms with E-state index in [2.05, 4.69) is 10.2 Å². The van der Waals surface area contributed by atoms with Crippen LogP contribution in [0.4, 0.5) is 0 Å². The van der Waals surface area contributed by atoms with Gasteiger partial charge in [0.05, 0.1) is 10.5 Å². The summed E-state index contributed by atoms with van der Waals surface area (Å²) in [6.45, 7) is 3.87. The van der Waals surface area contributed by atoms with Crippen molar-refractivity contribution in [3.05, 3.63) is 34.0 Å². The summed E-state index contributed by atoms with van der Waals surface area (Å²) in [6, 6.07) is 3.85. The fraction of sp³-hybridized carbons (Fsp3) is 0.182. The Morgan fingerprint density at radius 1 is 1.31 bits per heavy atom. The van der Waals surface area contributed by atoms with E-state index in [-0.39, 0.29) is 10.7 Å². The van der Waals surface area contributed by atoms with Crippen LogP contribution in [0.3, 0.4) is 0 Å². The molecule has 2 rings (SSSR count). The van der Waals surface area contributed by atoms with Crippen molar-refractivity contribution < 1.29 is 4.79 Å². The first-order valence-corrected chi connectivity index (χ1v) is 5.11. The zero-order valence-corrected chi connectivity index (χ0v) is 9.67. The third kappa shape index (κ3) is 1.61. The minimum Gasteiger partial charge on any atom is -0.364 e. The number of aromatic nitrogens is 2. The van der Waals surface area contributed by atoms with Gasteiger partial charge in [-0.15, -0.1) is 10.2 Å². The molecular formula is C11H10ClN3O. The van der Waals surface area contributed by atoms with Crippen molar-refractivity contribution in [3.8, 4) is 0 Å². The van der Waals surface area contributed by atoms with Crippen LogP contribution in [0.1, 0.15) is 21.6 Å². The van der Waals surface area contributed by atoms with Gasteiger partial charge in [-0.1, -0.05) is 23.2 Å². The van der Waals surface area contributed by atoms with E-state index in [1.165, 1.54) is 0 Å². The number of carbonyl (C=O) groups is 1. The summed E-state index contributed by atoms with van der Waals surface area (Å²) in [5.74, 6) is -0.668. The molecule has 5 heteroatoms. The average molecular weight is 236 g/mol. The van der Waals surface area contributed by atoms with Gasteiger partial charge < -0.3 is 5.73 Å². The van der Waals surface area contributed by atoms with Crippen LogP contribution in [0.15, 0.2) is 12.1 Å². The van der Waals surface area contributed by atoms with Crippen LogP contribution in [-0.2, 0) is 0 Å². The number of benzene rings is 1. The number of fused-ring (bicyclic) bond motifs is 1. The Bertz CT molecular complexity index is 595. The van der Waals surface area contributed by atoms with Crippen LogP contribution in [0.5, 0.6) is 0 Å². The van der Waals surface area contributed by atoms with Crippen LogP contribution in [0.25, 0.3) is 10.9 Å². The summed E-state index contributed by atoms with van der Waals surface area (Å²) < 4.78 is 0. The molecule has 2 aromatic rings. The van der Waals surface area contributed by atoms with Gasteiger partial charge >= 0.3 is 0 Å². The second-order valence-corrected chi connectivity index (χ2v) is 4.08. The minimum absolute atomic E-state index is 0.0131. The van der Waals surface area contributed by atoms with E-state index in [0.717, 1.165) is 11.1 Å². The van der Waals surface area contributed by atoms with Gasteiger partial charge in [-0.05, 0) is 25.5 Å². The van der Waals surface area contributed by atoms with E-state index in [1.54, 1.807) is 0 Å². The topological polar surface area (TPSA) is 68.9 Å². The van der Waals surface area contributed by atoms with Gasteiger partial charge in [-0.3, -0.25) is 4.79 Å². The monoisotopic (exact) mass is 235 g/mol. The maximum Gasteiger partial charge on any atom is 0.270 e. The number of halogens is 1. The highest BCUT2D eigenvalue weighted by atomic mass is 35.5. The molecule has 0 fully saturated rings. The summed E-state index contributed by atoms with van der Waals surface area (Å²) in [4.78, 5) is 11.1. The molecule has 0 spiro atoms. The summed E-state index contributed by atoms with van der Waals surface area (Å²) in [5, 5.41) is 8.69. The smallest absolute Gasteiger partial charge is 0.270 e. The molecule has 0 aliphatic heterocycles. The molecule has 0 radical (unpaired) electrons. The quantitative estimate of drug-likeness (QED) is 0.822. The predicted octanol–water partition coefficient (Wildman–Crippen LogP) is 2.00. The zero-order valence-electron chi connectivity index (χ0n) is 8.91. The number of rotatable bonds is 1. The third-order valence-corrected chi connectivity index (χ3v) is 2.76. The number of nitrogens with two attached hydrogens (primary N) is 1. The van der Waals surface area contributed by atoms with Crippen LogP contribution in [0, 0.1) is 13.8 Å². The van der Waals surface area contributed by atoms with Crippen molar-refractivity contribution in [2.75, 3.05) is 0 Å². The summed E-state index contributed by atoms with van der Waals surface area (Å²) in [5.41, 5.74) is 7.89. The van der Waals surface area contributed by atoms with Crippen molar-refractivity contribution >= 4 is 28.4 Å². The molecule has 82 valence electrons. The largest absolute Gasteiger partial charge is 0.364 e. The van der Waals surface area contributed by atoms with Gasteiger partial charge in [0.2, 0.25) is 0 Å². The lowest BCUT2D eigenvalue weighted by Crippen LogP contribution is -2.14. The molecule has 0 bridgehead atoms. The first-order chi connectivity index (χ1) is 7.50. The van der Waals surface area contributed by atoms with E-state index in [1.807, 2.05) is 26.0 Å². The highest BCUT2D eigenvalue weighted by Crippen LogP contribution is 2.27. The standard InChI is InChI=1S/C11H10ClN3O/c1-5-3-6(2)9-7(4-5)8(12)10(11(13)16)15-14-9/h3-4H,1-2H3,(H2,13,16). The molecule has 0 saturated carbocycles. The summed E-state index contributed by atoms with van der Waals surface area (Å²) >= 11 is 6.08. The fourth-order valence-electron chi connectivity index (χ4n) is 1.69. The van der Waals surface area contributed by atoms with Gasteiger partial charge in [0, 0.05) is 5.39 Å². The molecule has 0 atom stereocenters. The molecular weight excluding hydrogens is 226 g/mol. The molecule has 16 heavy (non-hydrogen) atoms. The molecule has 0 saturated heterocycles. The van der Waals surface area contributed by atoms with E-state index >= 15 is 0 Å². The van der Waals surface area contributed by atoms with Crippen LogP contribution >= 0.6 is 11.6 Å². The Morgan fingerprint density at radius 2 is 2.00 bits per heavy atom. The van der Waals surface area contributed by atoms with Crippen molar-refractivity contribution in [1.29, 1.82) is 0 Å². The Labute approximate surface area is 97.4 Å². The van der Waals surface area contributed by atoms with Gasteiger partial charge in [-0.2, -0.15) is 0 Å². The fourth-order valence-corrected chi connectivity index (χ4v) is 1.96.